The molecule has 0 fully saturated rings. The molecule has 0 aliphatic carbocycles. The van der Waals surface area contributed by atoms with Gasteiger partial charge in [-0.05, 0) is 33.3 Å². The number of likely N-dealkylation sites (N-methyl/N-ethyl adjacent to an activating group) is 3. The highest BCUT2D eigenvalue weighted by molar-refractivity contribution is 6.00. The normalized spacial score (nSPS) is 14.5. The van der Waals surface area contributed by atoms with Crippen molar-refractivity contribution >= 4 is 41.5 Å². The predicted molar refractivity (Wildman–Crippen MR) is 170 cm³/mol. The van der Waals surface area contributed by atoms with E-state index in [9.17, 15) is 33.6 Å². The minimum absolute atomic E-state index is 0.111. The van der Waals surface area contributed by atoms with Crippen LogP contribution in [0.5, 0.6) is 0 Å². The first-order chi connectivity index (χ1) is 21.9. The zero-order chi connectivity index (χ0) is 36.0. The Hall–Kier alpha value is -4.79. The lowest BCUT2D eigenvalue weighted by Gasteiger charge is -2.29. The van der Waals surface area contributed by atoms with Crippen LogP contribution in [0.25, 0.3) is 0 Å². The van der Waals surface area contributed by atoms with E-state index in [1.807, 2.05) is 0 Å². The monoisotopic (exact) mass is 661 g/mol. The molecule has 1 aromatic carbocycles. The average Bonchev–Trinajstić information content (AvgIpc) is 3.04. The van der Waals surface area contributed by atoms with E-state index in [4.69, 9.17) is 14.2 Å². The van der Waals surface area contributed by atoms with E-state index >= 15 is 0 Å². The second-order valence-corrected chi connectivity index (χ2v) is 11.0. The Balaban J connectivity index is 3.19. The Morgan fingerprint density at radius 1 is 0.894 bits per heavy atom. The van der Waals surface area contributed by atoms with Crippen LogP contribution in [0.3, 0.4) is 0 Å². The number of methoxy groups -OCH3 is 1. The molecule has 260 valence electrons. The van der Waals surface area contributed by atoms with E-state index in [0.29, 0.717) is 5.56 Å². The fourth-order valence-electron chi connectivity index (χ4n) is 4.17. The maximum atomic E-state index is 13.7. The van der Waals surface area contributed by atoms with Crippen LogP contribution in [0.1, 0.15) is 46.6 Å². The van der Waals surface area contributed by atoms with E-state index in [0.717, 1.165) is 11.8 Å². The summed E-state index contributed by atoms with van der Waals surface area (Å²) >= 11 is 0. The molecule has 0 aliphatic rings. The summed E-state index contributed by atoms with van der Waals surface area (Å²) in [5, 5.41) is 7.31. The molecule has 3 N–H and O–H groups in total. The summed E-state index contributed by atoms with van der Waals surface area (Å²) in [6.07, 6.45) is -3.38. The Kier molecular flexibility index (Phi) is 16.3. The van der Waals surface area contributed by atoms with Gasteiger partial charge in [0.25, 0.3) is 11.8 Å². The van der Waals surface area contributed by atoms with Crippen LogP contribution in [0, 0.1) is 0 Å². The minimum Gasteiger partial charge on any atom is -0.460 e. The minimum atomic E-state index is -1.51. The second-order valence-electron chi connectivity index (χ2n) is 11.0. The highest BCUT2D eigenvalue weighted by Gasteiger charge is 2.36. The van der Waals surface area contributed by atoms with Crippen molar-refractivity contribution in [2.45, 2.75) is 83.9 Å². The van der Waals surface area contributed by atoms with Crippen LogP contribution in [0.15, 0.2) is 42.6 Å². The van der Waals surface area contributed by atoms with Gasteiger partial charge in [0.2, 0.25) is 17.7 Å². The molecule has 5 amide bonds. The molecule has 6 atom stereocenters. The van der Waals surface area contributed by atoms with Gasteiger partial charge in [-0.3, -0.25) is 28.8 Å². The van der Waals surface area contributed by atoms with Gasteiger partial charge in [-0.15, -0.1) is 0 Å². The highest BCUT2D eigenvalue weighted by atomic mass is 16.6. The Labute approximate surface area is 275 Å². The molecule has 0 bridgehead atoms. The molecule has 0 unspecified atom stereocenters. The zero-order valence-electron chi connectivity index (χ0n) is 28.4. The van der Waals surface area contributed by atoms with Gasteiger partial charge < -0.3 is 40.0 Å². The van der Waals surface area contributed by atoms with E-state index in [1.165, 1.54) is 53.9 Å². The molecule has 1 aromatic rings. The first-order valence-electron chi connectivity index (χ1n) is 14.9. The van der Waals surface area contributed by atoms with Crippen LogP contribution in [0.4, 0.5) is 0 Å². The van der Waals surface area contributed by atoms with Crippen LogP contribution in [-0.2, 0) is 54.2 Å². The van der Waals surface area contributed by atoms with Gasteiger partial charge in [0, 0.05) is 41.6 Å². The molecule has 0 saturated carbocycles. The topological polar surface area (TPSA) is 190 Å². The number of carbonyl (C=O) groups is 7. The molecular formula is C32H47N5O10. The van der Waals surface area contributed by atoms with Crippen LogP contribution >= 0.6 is 0 Å². The van der Waals surface area contributed by atoms with E-state index < -0.39 is 77.9 Å². The molecule has 0 radical (unpaired) electrons. The lowest BCUT2D eigenvalue weighted by atomic mass is 10.1. The summed E-state index contributed by atoms with van der Waals surface area (Å²) in [6, 6.07) is 5.22. The van der Waals surface area contributed by atoms with Gasteiger partial charge in [0.1, 0.15) is 23.9 Å². The Bertz CT molecular complexity index is 1300. The third-order valence-electron chi connectivity index (χ3n) is 7.32. The molecule has 0 spiro atoms. The highest BCUT2D eigenvalue weighted by Crippen LogP contribution is 2.15. The van der Waals surface area contributed by atoms with Crippen molar-refractivity contribution < 1.29 is 47.8 Å². The smallest absolute Gasteiger partial charge is 0.333 e. The molecule has 15 nitrogen and oxygen atoms in total. The van der Waals surface area contributed by atoms with Crippen molar-refractivity contribution in [2.24, 2.45) is 0 Å². The van der Waals surface area contributed by atoms with Gasteiger partial charge >= 0.3 is 11.9 Å². The summed E-state index contributed by atoms with van der Waals surface area (Å²) in [4.78, 5) is 91.3. The van der Waals surface area contributed by atoms with Crippen LogP contribution in [-0.4, -0.2) is 116 Å². The number of ether oxygens (including phenoxy) is 3. The number of hydrogen-bond donors (Lipinski definition) is 3. The fraction of sp³-hybridized carbons (Fsp3) is 0.531. The van der Waals surface area contributed by atoms with Crippen molar-refractivity contribution in [1.29, 1.82) is 0 Å². The molecule has 0 heterocycles. The van der Waals surface area contributed by atoms with Crippen molar-refractivity contribution in [1.82, 2.24) is 25.8 Å². The number of amides is 5. The van der Waals surface area contributed by atoms with E-state index in [1.54, 1.807) is 37.3 Å². The standard InChI is InChI=1S/C32H47N5O10/c1-18(45-10)16-26(39)46-22(5)27(35-23(6)38)32(44)47-25(17-24-14-12-11-13-15-24)31(43)37(9)21(4)29(41)34-19(2)30(42)36(8)20(3)28(40)33-7/h11-15,18-20,22,25,27H,4,16-17H2,1-3,5-10H3,(H,33,40)(H,34,41)(H,35,38)/t18-,19+,20+,22-,25-,27+/m1/s1. The molecule has 1 rings (SSSR count). The van der Waals surface area contributed by atoms with Gasteiger partial charge in [0.15, 0.2) is 12.1 Å². The van der Waals surface area contributed by atoms with Gasteiger partial charge in [0.05, 0.1) is 12.5 Å². The Morgan fingerprint density at radius 2 is 1.49 bits per heavy atom. The third-order valence-corrected chi connectivity index (χ3v) is 7.32. The summed E-state index contributed by atoms with van der Waals surface area (Å²) < 4.78 is 16.0. The maximum absolute atomic E-state index is 13.7. The molecule has 0 aromatic heterocycles. The quantitative estimate of drug-likeness (QED) is 0.152. The third kappa shape index (κ3) is 12.5. The molecular weight excluding hydrogens is 614 g/mol. The number of hydrogen-bond acceptors (Lipinski definition) is 10. The van der Waals surface area contributed by atoms with Crippen molar-refractivity contribution in [2.75, 3.05) is 28.3 Å². The predicted octanol–water partition coefficient (Wildman–Crippen LogP) is 0.0720. The first kappa shape index (κ1) is 40.2. The van der Waals surface area contributed by atoms with Crippen LogP contribution < -0.4 is 16.0 Å². The summed E-state index contributed by atoms with van der Waals surface area (Å²) in [7, 11) is 5.51. The van der Waals surface area contributed by atoms with Crippen molar-refractivity contribution in [3.05, 3.63) is 48.2 Å². The lowest BCUT2D eigenvalue weighted by molar-refractivity contribution is -0.167. The largest absolute Gasteiger partial charge is 0.460 e. The summed E-state index contributed by atoms with van der Waals surface area (Å²) in [6.45, 7) is 10.8. The van der Waals surface area contributed by atoms with E-state index in [-0.39, 0.29) is 18.5 Å². The second kappa shape index (κ2) is 19.0. The van der Waals surface area contributed by atoms with Gasteiger partial charge in [-0.25, -0.2) is 4.79 Å². The Morgan fingerprint density at radius 3 is 2.02 bits per heavy atom. The SMILES string of the molecule is C=C(C(=O)N[C@@H](C)C(=O)N(C)[C@@H](C)C(=O)NC)N(C)C(=O)[C@@H](Cc1ccccc1)OC(=O)[C@@H](NC(C)=O)[C@@H](C)OC(=O)C[C@@H](C)OC. The van der Waals surface area contributed by atoms with Crippen molar-refractivity contribution in [3.8, 4) is 0 Å². The first-order valence-corrected chi connectivity index (χ1v) is 14.9. The average molecular weight is 662 g/mol. The van der Waals surface area contributed by atoms with E-state index in [2.05, 4.69) is 22.5 Å². The number of esters is 2. The lowest BCUT2D eigenvalue weighted by Crippen LogP contribution is -2.53. The molecule has 15 heteroatoms. The summed E-state index contributed by atoms with van der Waals surface area (Å²) in [5.74, 6) is -5.04. The van der Waals surface area contributed by atoms with Gasteiger partial charge in [-0.2, -0.15) is 0 Å². The molecule has 0 aliphatic heterocycles. The molecule has 0 saturated heterocycles. The number of carbonyl (C=O) groups excluding carboxylic acids is 7. The van der Waals surface area contributed by atoms with Crippen molar-refractivity contribution in [3.63, 3.8) is 0 Å². The molecule has 47 heavy (non-hydrogen) atoms. The number of nitrogens with zero attached hydrogens (tertiary/aromatic N) is 2. The zero-order valence-corrected chi connectivity index (χ0v) is 28.4. The fourth-order valence-corrected chi connectivity index (χ4v) is 4.17. The van der Waals surface area contributed by atoms with Crippen LogP contribution in [0.2, 0.25) is 0 Å². The number of rotatable bonds is 17. The maximum Gasteiger partial charge on any atom is 0.333 e. The number of benzene rings is 1. The number of nitrogens with one attached hydrogen (secondary N) is 3. The summed E-state index contributed by atoms with van der Waals surface area (Å²) in [5.41, 5.74) is 0.248. The van der Waals surface area contributed by atoms with Gasteiger partial charge in [-0.1, -0.05) is 36.9 Å².